The third-order valence-corrected chi connectivity index (χ3v) is 5.83. The molecular formula is C22H21N5O3S. The SMILES string of the molecule is COc1ccc(-c2nc(C)c(C(=O)Nc3cccc(Cn4cncn4)c3)s2)cc1OC. The second-order valence-electron chi connectivity index (χ2n) is 6.75. The summed E-state index contributed by atoms with van der Waals surface area (Å²) in [6.45, 7) is 2.41. The van der Waals surface area contributed by atoms with Gasteiger partial charge < -0.3 is 14.8 Å². The van der Waals surface area contributed by atoms with Gasteiger partial charge in [-0.15, -0.1) is 11.3 Å². The number of nitrogens with one attached hydrogen (secondary N) is 1. The van der Waals surface area contributed by atoms with Crippen LogP contribution in [-0.4, -0.2) is 39.9 Å². The number of methoxy groups -OCH3 is 2. The highest BCUT2D eigenvalue weighted by molar-refractivity contribution is 7.17. The second-order valence-corrected chi connectivity index (χ2v) is 7.75. The molecule has 0 aliphatic rings. The Kier molecular flexibility index (Phi) is 5.94. The van der Waals surface area contributed by atoms with E-state index in [0.29, 0.717) is 34.3 Å². The van der Waals surface area contributed by atoms with Crippen molar-refractivity contribution < 1.29 is 14.3 Å². The Morgan fingerprint density at radius 2 is 1.97 bits per heavy atom. The summed E-state index contributed by atoms with van der Waals surface area (Å²) >= 11 is 1.34. The standard InChI is InChI=1S/C22H21N5O3S/c1-14-20(31-22(25-14)16-7-8-18(29-2)19(10-16)30-3)21(28)26-17-6-4-5-15(9-17)11-27-13-23-12-24-27/h4-10,12-13H,11H2,1-3H3,(H,26,28). The molecule has 0 spiro atoms. The highest BCUT2D eigenvalue weighted by atomic mass is 32.1. The van der Waals surface area contributed by atoms with Crippen molar-refractivity contribution in [2.75, 3.05) is 19.5 Å². The fourth-order valence-electron chi connectivity index (χ4n) is 3.14. The zero-order valence-electron chi connectivity index (χ0n) is 17.3. The van der Waals surface area contributed by atoms with E-state index in [4.69, 9.17) is 9.47 Å². The molecule has 2 heterocycles. The molecule has 4 aromatic rings. The molecule has 0 bridgehead atoms. The van der Waals surface area contributed by atoms with E-state index in [9.17, 15) is 4.79 Å². The van der Waals surface area contributed by atoms with Crippen molar-refractivity contribution in [3.63, 3.8) is 0 Å². The van der Waals surface area contributed by atoms with Crippen LogP contribution in [0, 0.1) is 6.92 Å². The van der Waals surface area contributed by atoms with Crippen LogP contribution in [0.1, 0.15) is 20.9 Å². The average molecular weight is 436 g/mol. The number of hydrogen-bond donors (Lipinski definition) is 1. The summed E-state index contributed by atoms with van der Waals surface area (Å²) in [6.07, 6.45) is 3.15. The summed E-state index contributed by atoms with van der Waals surface area (Å²) in [5, 5.41) is 7.82. The van der Waals surface area contributed by atoms with Crippen LogP contribution in [0.4, 0.5) is 5.69 Å². The van der Waals surface area contributed by atoms with Gasteiger partial charge in [0.1, 0.15) is 22.5 Å². The highest BCUT2D eigenvalue weighted by Gasteiger charge is 2.18. The number of hydrogen-bond acceptors (Lipinski definition) is 7. The summed E-state index contributed by atoms with van der Waals surface area (Å²) in [7, 11) is 3.18. The lowest BCUT2D eigenvalue weighted by Crippen LogP contribution is -2.12. The maximum absolute atomic E-state index is 12.9. The van der Waals surface area contributed by atoms with Gasteiger partial charge in [0.05, 0.1) is 26.5 Å². The first kappa shape index (κ1) is 20.5. The Bertz CT molecular complexity index is 1200. The number of aryl methyl sites for hydroxylation is 1. The number of thiazole rings is 1. The number of benzene rings is 2. The van der Waals surface area contributed by atoms with E-state index in [1.54, 1.807) is 25.2 Å². The number of nitrogens with zero attached hydrogens (tertiary/aromatic N) is 4. The summed E-state index contributed by atoms with van der Waals surface area (Å²) in [5.74, 6) is 1.06. The quantitative estimate of drug-likeness (QED) is 0.471. The van der Waals surface area contributed by atoms with Gasteiger partial charge in [0.2, 0.25) is 0 Å². The predicted octanol–water partition coefficient (Wildman–Crippen LogP) is 4.03. The van der Waals surface area contributed by atoms with Crippen molar-refractivity contribution in [2.24, 2.45) is 0 Å². The van der Waals surface area contributed by atoms with Crippen molar-refractivity contribution in [3.8, 4) is 22.1 Å². The van der Waals surface area contributed by atoms with Gasteiger partial charge >= 0.3 is 0 Å². The van der Waals surface area contributed by atoms with Crippen LogP contribution in [0.25, 0.3) is 10.6 Å². The Morgan fingerprint density at radius 3 is 2.71 bits per heavy atom. The third kappa shape index (κ3) is 4.56. The Labute approximate surface area is 183 Å². The molecule has 2 aromatic heterocycles. The van der Waals surface area contributed by atoms with Crippen molar-refractivity contribution in [1.82, 2.24) is 19.7 Å². The molecule has 1 amide bonds. The van der Waals surface area contributed by atoms with E-state index in [1.807, 2.05) is 49.4 Å². The van der Waals surface area contributed by atoms with Crippen LogP contribution in [0.5, 0.6) is 11.5 Å². The number of ether oxygens (including phenoxy) is 2. The molecule has 1 N–H and O–H groups in total. The van der Waals surface area contributed by atoms with Gasteiger partial charge in [0.15, 0.2) is 11.5 Å². The molecule has 158 valence electrons. The summed E-state index contributed by atoms with van der Waals surface area (Å²) < 4.78 is 12.4. The molecule has 0 aliphatic heterocycles. The smallest absolute Gasteiger partial charge is 0.267 e. The van der Waals surface area contributed by atoms with Gasteiger partial charge in [0, 0.05) is 11.3 Å². The maximum Gasteiger partial charge on any atom is 0.267 e. The van der Waals surface area contributed by atoms with E-state index in [-0.39, 0.29) is 5.91 Å². The zero-order chi connectivity index (χ0) is 21.8. The van der Waals surface area contributed by atoms with Gasteiger partial charge in [-0.1, -0.05) is 12.1 Å². The van der Waals surface area contributed by atoms with E-state index in [0.717, 1.165) is 16.1 Å². The minimum absolute atomic E-state index is 0.195. The lowest BCUT2D eigenvalue weighted by atomic mass is 10.2. The molecule has 9 heteroatoms. The largest absolute Gasteiger partial charge is 0.493 e. The number of anilines is 1. The molecule has 4 rings (SSSR count). The number of rotatable bonds is 7. The van der Waals surface area contributed by atoms with Crippen molar-refractivity contribution in [3.05, 3.63) is 71.3 Å². The number of aromatic nitrogens is 4. The number of amides is 1. The summed E-state index contributed by atoms with van der Waals surface area (Å²) in [5.41, 5.74) is 3.25. The Morgan fingerprint density at radius 1 is 1.13 bits per heavy atom. The summed E-state index contributed by atoms with van der Waals surface area (Å²) in [4.78, 5) is 22.0. The minimum atomic E-state index is -0.195. The topological polar surface area (TPSA) is 91.2 Å². The monoisotopic (exact) mass is 435 g/mol. The lowest BCUT2D eigenvalue weighted by molar-refractivity contribution is 0.103. The van der Waals surface area contributed by atoms with Gasteiger partial charge in [-0.25, -0.2) is 14.6 Å². The van der Waals surface area contributed by atoms with Crippen molar-refractivity contribution in [2.45, 2.75) is 13.5 Å². The molecule has 0 fully saturated rings. The second kappa shape index (κ2) is 8.97. The Hall–Kier alpha value is -3.72. The molecule has 0 unspecified atom stereocenters. The maximum atomic E-state index is 12.9. The van der Waals surface area contributed by atoms with Crippen molar-refractivity contribution in [1.29, 1.82) is 0 Å². The average Bonchev–Trinajstić information content (AvgIpc) is 3.43. The van der Waals surface area contributed by atoms with Crippen LogP contribution in [0.3, 0.4) is 0 Å². The normalized spacial score (nSPS) is 10.7. The summed E-state index contributed by atoms with van der Waals surface area (Å²) in [6, 6.07) is 13.2. The first-order valence-electron chi connectivity index (χ1n) is 9.50. The van der Waals surface area contributed by atoms with Gasteiger partial charge in [-0.05, 0) is 42.8 Å². The van der Waals surface area contributed by atoms with E-state index >= 15 is 0 Å². The first-order valence-corrected chi connectivity index (χ1v) is 10.3. The molecule has 0 atom stereocenters. The molecule has 0 saturated heterocycles. The van der Waals surface area contributed by atoms with Gasteiger partial charge in [0.25, 0.3) is 5.91 Å². The van der Waals surface area contributed by atoms with Gasteiger partial charge in [-0.2, -0.15) is 5.10 Å². The molecule has 0 aliphatic carbocycles. The number of carbonyl (C=O) groups excluding carboxylic acids is 1. The molecule has 0 saturated carbocycles. The van der Waals surface area contributed by atoms with Crippen molar-refractivity contribution >= 4 is 22.9 Å². The molecular weight excluding hydrogens is 414 g/mol. The third-order valence-electron chi connectivity index (χ3n) is 4.63. The predicted molar refractivity (Wildman–Crippen MR) is 119 cm³/mol. The van der Waals surface area contributed by atoms with Crippen LogP contribution in [0.2, 0.25) is 0 Å². The molecule has 2 aromatic carbocycles. The van der Waals surface area contributed by atoms with E-state index in [1.165, 1.54) is 17.7 Å². The lowest BCUT2D eigenvalue weighted by Gasteiger charge is -2.08. The minimum Gasteiger partial charge on any atom is -0.493 e. The van der Waals surface area contributed by atoms with Crippen LogP contribution >= 0.6 is 11.3 Å². The van der Waals surface area contributed by atoms with Gasteiger partial charge in [-0.3, -0.25) is 4.79 Å². The fraction of sp³-hybridized carbons (Fsp3) is 0.182. The first-order chi connectivity index (χ1) is 15.1. The van der Waals surface area contributed by atoms with E-state index < -0.39 is 0 Å². The highest BCUT2D eigenvalue weighted by Crippen LogP contribution is 2.35. The molecule has 0 radical (unpaired) electrons. The van der Waals surface area contributed by atoms with Crippen LogP contribution in [-0.2, 0) is 6.54 Å². The molecule has 31 heavy (non-hydrogen) atoms. The van der Waals surface area contributed by atoms with Crippen LogP contribution < -0.4 is 14.8 Å². The fourth-order valence-corrected chi connectivity index (χ4v) is 4.09. The Balaban J connectivity index is 1.53. The number of carbonyl (C=O) groups is 1. The zero-order valence-corrected chi connectivity index (χ0v) is 18.1. The molecule has 8 nitrogen and oxygen atoms in total. The van der Waals surface area contributed by atoms with E-state index in [2.05, 4.69) is 20.4 Å². The van der Waals surface area contributed by atoms with Crippen LogP contribution in [0.15, 0.2) is 55.1 Å².